The monoisotopic (exact) mass is 464 g/mol. The van der Waals surface area contributed by atoms with Gasteiger partial charge in [-0.3, -0.25) is 14.5 Å². The van der Waals surface area contributed by atoms with Gasteiger partial charge in [-0.2, -0.15) is 0 Å². The van der Waals surface area contributed by atoms with Crippen LogP contribution in [0.2, 0.25) is 0 Å². The van der Waals surface area contributed by atoms with Gasteiger partial charge in [0.25, 0.3) is 11.8 Å². The molecule has 0 saturated carbocycles. The van der Waals surface area contributed by atoms with E-state index in [1.165, 1.54) is 40.9 Å². The molecule has 0 unspecified atom stereocenters. The van der Waals surface area contributed by atoms with Gasteiger partial charge in [-0.1, -0.05) is 48.2 Å². The first-order chi connectivity index (χ1) is 15.5. The third-order valence-corrected chi connectivity index (χ3v) is 5.99. The normalized spacial score (nSPS) is 14.7. The highest BCUT2D eigenvalue weighted by atomic mass is 32.2. The molecule has 3 aromatic rings. The topological polar surface area (TPSA) is 58.6 Å². The van der Waals surface area contributed by atoms with Crippen molar-refractivity contribution in [2.75, 3.05) is 17.3 Å². The summed E-state index contributed by atoms with van der Waals surface area (Å²) in [5.41, 5.74) is 2.06. The van der Waals surface area contributed by atoms with Gasteiger partial charge in [0.15, 0.2) is 4.32 Å². The number of carbonyl (C=O) groups excluding carboxylic acids is 2. The minimum atomic E-state index is -0.388. The number of para-hydroxylation sites is 1. The number of rotatable bonds is 5. The number of thioether (sulfide) groups is 1. The maximum absolute atomic E-state index is 13.1. The molecule has 32 heavy (non-hydrogen) atoms. The summed E-state index contributed by atoms with van der Waals surface area (Å²) >= 11 is 6.63. The van der Waals surface area contributed by atoms with E-state index in [-0.39, 0.29) is 17.6 Å². The van der Waals surface area contributed by atoms with Crippen LogP contribution in [0.4, 0.5) is 15.8 Å². The van der Waals surface area contributed by atoms with Crippen molar-refractivity contribution in [2.45, 2.75) is 0 Å². The van der Waals surface area contributed by atoms with Crippen LogP contribution in [0.15, 0.2) is 77.7 Å². The number of thiocarbonyl (C=S) groups is 1. The maximum atomic E-state index is 13.1. The first-order valence-electron chi connectivity index (χ1n) is 9.54. The Labute approximate surface area is 193 Å². The van der Waals surface area contributed by atoms with Crippen molar-refractivity contribution in [1.29, 1.82) is 0 Å². The highest BCUT2D eigenvalue weighted by molar-refractivity contribution is 8.27. The van der Waals surface area contributed by atoms with E-state index in [4.69, 9.17) is 17.0 Å². The van der Waals surface area contributed by atoms with Gasteiger partial charge in [-0.15, -0.1) is 0 Å². The standard InChI is InChI=1S/C24H17FN2O3S2/c1-30-20-8-3-2-5-15(20)14-21-23(29)27(24(31)32-21)19-7-4-6-16(13-19)22(28)26-18-11-9-17(25)10-12-18/h2-14H,1H3,(H,26,28)/b21-14+. The molecule has 1 aliphatic heterocycles. The molecule has 3 aromatic carbocycles. The summed E-state index contributed by atoms with van der Waals surface area (Å²) in [7, 11) is 1.57. The van der Waals surface area contributed by atoms with Crippen molar-refractivity contribution in [3.8, 4) is 5.75 Å². The molecule has 2 amide bonds. The number of benzene rings is 3. The second-order valence-electron chi connectivity index (χ2n) is 6.77. The summed E-state index contributed by atoms with van der Waals surface area (Å²) in [4.78, 5) is 27.6. The van der Waals surface area contributed by atoms with Gasteiger partial charge in [-0.25, -0.2) is 4.39 Å². The number of nitrogens with one attached hydrogen (secondary N) is 1. The van der Waals surface area contributed by atoms with Gasteiger partial charge < -0.3 is 10.1 Å². The van der Waals surface area contributed by atoms with Crippen molar-refractivity contribution >= 4 is 57.6 Å². The van der Waals surface area contributed by atoms with Gasteiger partial charge in [0.05, 0.1) is 17.7 Å². The first kappa shape index (κ1) is 21.7. The van der Waals surface area contributed by atoms with Crippen molar-refractivity contribution in [2.24, 2.45) is 0 Å². The van der Waals surface area contributed by atoms with Crippen LogP contribution in [0.25, 0.3) is 6.08 Å². The molecule has 0 radical (unpaired) electrons. The Morgan fingerprint density at radius 3 is 2.59 bits per heavy atom. The quantitative estimate of drug-likeness (QED) is 0.400. The van der Waals surface area contributed by atoms with Crippen molar-refractivity contribution in [3.05, 3.63) is 94.6 Å². The predicted octanol–water partition coefficient (Wildman–Crippen LogP) is 5.49. The molecular weight excluding hydrogens is 447 g/mol. The molecule has 5 nitrogen and oxygen atoms in total. The van der Waals surface area contributed by atoms with Crippen LogP contribution in [-0.4, -0.2) is 23.2 Å². The zero-order valence-electron chi connectivity index (χ0n) is 16.9. The van der Waals surface area contributed by atoms with Gasteiger partial charge in [0, 0.05) is 16.8 Å². The summed E-state index contributed by atoms with van der Waals surface area (Å²) < 4.78 is 18.8. The Bertz CT molecular complexity index is 1240. The third kappa shape index (κ3) is 4.56. The summed E-state index contributed by atoms with van der Waals surface area (Å²) in [5.74, 6) is -0.395. The number of halogens is 1. The lowest BCUT2D eigenvalue weighted by atomic mass is 10.1. The molecule has 1 fully saturated rings. The maximum Gasteiger partial charge on any atom is 0.270 e. The van der Waals surface area contributed by atoms with E-state index in [0.717, 1.165) is 5.56 Å². The molecule has 1 N–H and O–H groups in total. The molecular formula is C24H17FN2O3S2. The Balaban J connectivity index is 1.58. The molecule has 0 aliphatic carbocycles. The molecule has 0 atom stereocenters. The fourth-order valence-corrected chi connectivity index (χ4v) is 4.43. The van der Waals surface area contributed by atoms with Crippen LogP contribution < -0.4 is 15.0 Å². The number of amides is 2. The number of methoxy groups -OCH3 is 1. The Hall–Kier alpha value is -3.49. The number of hydrogen-bond acceptors (Lipinski definition) is 5. The second kappa shape index (κ2) is 9.33. The zero-order valence-corrected chi connectivity index (χ0v) is 18.5. The average molecular weight is 465 g/mol. The lowest BCUT2D eigenvalue weighted by Crippen LogP contribution is -2.27. The van der Waals surface area contributed by atoms with Crippen LogP contribution in [0.1, 0.15) is 15.9 Å². The summed E-state index contributed by atoms with van der Waals surface area (Å²) in [5, 5.41) is 2.71. The fourth-order valence-electron chi connectivity index (χ4n) is 3.14. The molecule has 160 valence electrons. The van der Waals surface area contributed by atoms with Crippen LogP contribution in [0.5, 0.6) is 5.75 Å². The smallest absolute Gasteiger partial charge is 0.270 e. The van der Waals surface area contributed by atoms with Crippen molar-refractivity contribution in [1.82, 2.24) is 0 Å². The van der Waals surface area contributed by atoms with E-state index in [9.17, 15) is 14.0 Å². The number of hydrogen-bond donors (Lipinski definition) is 1. The fraction of sp³-hybridized carbons (Fsp3) is 0.0417. The van der Waals surface area contributed by atoms with Gasteiger partial charge in [-0.05, 0) is 54.6 Å². The van der Waals surface area contributed by atoms with Crippen LogP contribution >= 0.6 is 24.0 Å². The first-order valence-corrected chi connectivity index (χ1v) is 10.8. The minimum Gasteiger partial charge on any atom is -0.496 e. The predicted molar refractivity (Wildman–Crippen MR) is 129 cm³/mol. The highest BCUT2D eigenvalue weighted by Crippen LogP contribution is 2.37. The third-order valence-electron chi connectivity index (χ3n) is 4.69. The molecule has 1 heterocycles. The molecule has 0 bridgehead atoms. The van der Waals surface area contributed by atoms with Crippen molar-refractivity contribution in [3.63, 3.8) is 0 Å². The summed E-state index contributed by atoms with van der Waals surface area (Å²) in [6.45, 7) is 0. The molecule has 8 heteroatoms. The number of carbonyl (C=O) groups is 2. The van der Waals surface area contributed by atoms with Gasteiger partial charge >= 0.3 is 0 Å². The van der Waals surface area contributed by atoms with E-state index >= 15 is 0 Å². The van der Waals surface area contributed by atoms with Gasteiger partial charge in [0.2, 0.25) is 0 Å². The Morgan fingerprint density at radius 1 is 1.09 bits per heavy atom. The van der Waals surface area contributed by atoms with Gasteiger partial charge in [0.1, 0.15) is 11.6 Å². The number of ether oxygens (including phenoxy) is 1. The molecule has 1 saturated heterocycles. The van der Waals surface area contributed by atoms with E-state index in [0.29, 0.717) is 31.9 Å². The Morgan fingerprint density at radius 2 is 1.84 bits per heavy atom. The SMILES string of the molecule is COc1ccccc1/C=C1/SC(=S)N(c2cccc(C(=O)Nc3ccc(F)cc3)c2)C1=O. The summed E-state index contributed by atoms with van der Waals surface area (Å²) in [6, 6.07) is 19.5. The minimum absolute atomic E-state index is 0.276. The number of nitrogens with zero attached hydrogens (tertiary/aromatic N) is 1. The van der Waals surface area contributed by atoms with Crippen LogP contribution in [0, 0.1) is 5.82 Å². The highest BCUT2D eigenvalue weighted by Gasteiger charge is 2.33. The second-order valence-corrected chi connectivity index (χ2v) is 8.45. The van der Waals surface area contributed by atoms with Crippen molar-refractivity contribution < 1.29 is 18.7 Å². The van der Waals surface area contributed by atoms with E-state index in [1.807, 2.05) is 24.3 Å². The largest absolute Gasteiger partial charge is 0.496 e. The zero-order chi connectivity index (χ0) is 22.7. The van der Waals surface area contributed by atoms with Crippen LogP contribution in [0.3, 0.4) is 0 Å². The molecule has 1 aliphatic rings. The summed E-state index contributed by atoms with van der Waals surface area (Å²) in [6.07, 6.45) is 1.74. The molecule has 4 rings (SSSR count). The lowest BCUT2D eigenvalue weighted by Gasteiger charge is -2.15. The van der Waals surface area contributed by atoms with Crippen LogP contribution in [-0.2, 0) is 4.79 Å². The van der Waals surface area contributed by atoms with E-state index in [1.54, 1.807) is 37.5 Å². The number of anilines is 2. The molecule has 0 spiro atoms. The van der Waals surface area contributed by atoms with E-state index < -0.39 is 0 Å². The average Bonchev–Trinajstić information content (AvgIpc) is 3.08. The van der Waals surface area contributed by atoms with E-state index in [2.05, 4.69) is 5.32 Å². The lowest BCUT2D eigenvalue weighted by molar-refractivity contribution is -0.113. The molecule has 0 aromatic heterocycles. The Kier molecular flexibility index (Phi) is 6.34.